The van der Waals surface area contributed by atoms with Crippen LogP contribution in [0, 0.1) is 5.82 Å². The molecule has 2 N–H and O–H groups in total. The summed E-state index contributed by atoms with van der Waals surface area (Å²) in [6, 6.07) is 15.0. The number of benzene rings is 3. The van der Waals surface area contributed by atoms with E-state index in [1.54, 1.807) is 48.8 Å². The number of fused-ring (bicyclic) bond motifs is 2. The molecule has 0 atom stereocenters. The van der Waals surface area contributed by atoms with E-state index in [0.29, 0.717) is 52.3 Å². The lowest BCUT2D eigenvalue weighted by Gasteiger charge is -2.32. The third kappa shape index (κ3) is 5.74. The summed E-state index contributed by atoms with van der Waals surface area (Å²) >= 11 is 0. The molecule has 1 fully saturated rings. The molecule has 11 heteroatoms. The summed E-state index contributed by atoms with van der Waals surface area (Å²) in [6.45, 7) is 6.18. The number of carbonyl (C=O) groups is 1. The van der Waals surface area contributed by atoms with Crippen LogP contribution in [0.2, 0.25) is 0 Å². The van der Waals surface area contributed by atoms with Crippen molar-refractivity contribution in [1.29, 1.82) is 0 Å². The quantitative estimate of drug-likeness (QED) is 0.293. The Morgan fingerprint density at radius 1 is 1.05 bits per heavy atom. The maximum atomic E-state index is 13.4. The first-order valence-electron chi connectivity index (χ1n) is 14.0. The number of carbonyl (C=O) groups excluding carboxylic acids is 1. The summed E-state index contributed by atoms with van der Waals surface area (Å²) in [5.41, 5.74) is 6.45. The van der Waals surface area contributed by atoms with Crippen molar-refractivity contribution in [2.45, 2.75) is 19.9 Å². The average Bonchev–Trinajstić information content (AvgIpc) is 3.38. The molecule has 6 rings (SSSR count). The Morgan fingerprint density at radius 3 is 2.60 bits per heavy atom. The zero-order valence-electron chi connectivity index (χ0n) is 23.6. The van der Waals surface area contributed by atoms with Crippen LogP contribution < -0.4 is 15.7 Å². The van der Waals surface area contributed by atoms with Gasteiger partial charge in [-0.25, -0.2) is 19.4 Å². The molecule has 0 radical (unpaired) electrons. The molecule has 0 saturated carbocycles. The minimum Gasteiger partial charge on any atom is -0.493 e. The molecule has 0 unspecified atom stereocenters. The van der Waals surface area contributed by atoms with Gasteiger partial charge in [0.05, 0.1) is 40.4 Å². The second-order valence-electron chi connectivity index (χ2n) is 10.6. The molecule has 0 spiro atoms. The minimum absolute atomic E-state index is 0.237. The Bertz CT molecular complexity index is 1810. The average molecular weight is 570 g/mol. The van der Waals surface area contributed by atoms with Crippen molar-refractivity contribution in [3.05, 3.63) is 88.2 Å². The number of amides is 1. The number of hydrogen-bond acceptors (Lipinski definition) is 7. The number of ether oxygens (including phenoxy) is 1. The van der Waals surface area contributed by atoms with Gasteiger partial charge in [-0.1, -0.05) is 19.1 Å². The standard InChI is InChI=1S/C31H32FN7O3/c1-3-14-42-28-9-6-21(30(40)36-39-12-10-37(2)11-13-39)15-24(28)29-34-25-17-26-27(16-23(25)31(41)35-29)38(19-33-26)18-20-4-7-22(32)8-5-20/h4-9,15-17,19H,3,10-14,18H2,1-2H3,(H,36,40)(H,34,35,41). The molecule has 1 amide bonds. The van der Waals surface area contributed by atoms with Crippen LogP contribution in [0.4, 0.5) is 4.39 Å². The van der Waals surface area contributed by atoms with E-state index in [0.717, 1.165) is 43.7 Å². The monoisotopic (exact) mass is 569 g/mol. The first-order chi connectivity index (χ1) is 20.4. The number of nitrogens with one attached hydrogen (secondary N) is 2. The van der Waals surface area contributed by atoms with Crippen LogP contribution in [0.3, 0.4) is 0 Å². The maximum Gasteiger partial charge on any atom is 0.265 e. The largest absolute Gasteiger partial charge is 0.493 e. The van der Waals surface area contributed by atoms with Gasteiger partial charge in [-0.3, -0.25) is 15.0 Å². The van der Waals surface area contributed by atoms with Crippen LogP contribution in [-0.2, 0) is 6.54 Å². The molecule has 3 heterocycles. The fraction of sp³-hybridized carbons (Fsp3) is 0.290. The number of H-pyrrole nitrogens is 1. The fourth-order valence-electron chi connectivity index (χ4n) is 5.05. The second kappa shape index (κ2) is 11.7. The van der Waals surface area contributed by atoms with E-state index in [1.165, 1.54) is 12.1 Å². The van der Waals surface area contributed by atoms with Gasteiger partial charge in [0.2, 0.25) is 0 Å². The third-order valence-electron chi connectivity index (χ3n) is 7.43. The van der Waals surface area contributed by atoms with Gasteiger partial charge < -0.3 is 19.2 Å². The van der Waals surface area contributed by atoms with E-state index in [9.17, 15) is 14.0 Å². The van der Waals surface area contributed by atoms with Gasteiger partial charge in [0.15, 0.2) is 0 Å². The highest BCUT2D eigenvalue weighted by molar-refractivity contribution is 5.96. The zero-order valence-corrected chi connectivity index (χ0v) is 23.6. The second-order valence-corrected chi connectivity index (χ2v) is 10.6. The SMILES string of the molecule is CCCOc1ccc(C(=O)NN2CCN(C)CC2)cc1-c1nc2cc3ncn(Cc4ccc(F)cc4)c3cc2c(=O)[nH]1. The molecule has 1 aliphatic heterocycles. The number of likely N-dealkylation sites (N-methyl/N-ethyl adjacent to an activating group) is 1. The van der Waals surface area contributed by atoms with E-state index in [1.807, 2.05) is 16.5 Å². The Balaban J connectivity index is 1.35. The zero-order chi connectivity index (χ0) is 29.2. The molecule has 0 bridgehead atoms. The predicted molar refractivity (Wildman–Crippen MR) is 159 cm³/mol. The number of piperazine rings is 1. The maximum absolute atomic E-state index is 13.4. The number of imidazole rings is 1. The van der Waals surface area contributed by atoms with Crippen LogP contribution in [0.1, 0.15) is 29.3 Å². The third-order valence-corrected chi connectivity index (χ3v) is 7.43. The van der Waals surface area contributed by atoms with Gasteiger partial charge in [-0.2, -0.15) is 0 Å². The van der Waals surface area contributed by atoms with Crippen LogP contribution in [-0.4, -0.2) is 75.2 Å². The molecule has 1 aliphatic rings. The van der Waals surface area contributed by atoms with Crippen molar-refractivity contribution in [3.8, 4) is 17.1 Å². The Morgan fingerprint density at radius 2 is 1.83 bits per heavy atom. The smallest absolute Gasteiger partial charge is 0.265 e. The lowest BCUT2D eigenvalue weighted by molar-refractivity contribution is 0.0662. The Kier molecular flexibility index (Phi) is 7.68. The Labute approximate surface area is 241 Å². The minimum atomic E-state index is -0.319. The molecule has 0 aliphatic carbocycles. The fourth-order valence-corrected chi connectivity index (χ4v) is 5.05. The number of hydrogen-bond donors (Lipinski definition) is 2. The summed E-state index contributed by atoms with van der Waals surface area (Å²) < 4.78 is 21.2. The lowest BCUT2D eigenvalue weighted by atomic mass is 10.1. The van der Waals surface area contributed by atoms with Crippen LogP contribution in [0.15, 0.2) is 65.7 Å². The topological polar surface area (TPSA) is 108 Å². The van der Waals surface area contributed by atoms with Gasteiger partial charge in [0.1, 0.15) is 17.4 Å². The van der Waals surface area contributed by atoms with Crippen molar-refractivity contribution in [2.24, 2.45) is 0 Å². The highest BCUT2D eigenvalue weighted by Crippen LogP contribution is 2.30. The van der Waals surface area contributed by atoms with Crippen LogP contribution in [0.25, 0.3) is 33.3 Å². The Hall–Kier alpha value is -4.61. The van der Waals surface area contributed by atoms with Gasteiger partial charge in [-0.15, -0.1) is 0 Å². The number of aromatic amines is 1. The molecule has 5 aromatic rings. The summed E-state index contributed by atoms with van der Waals surface area (Å²) in [6.07, 6.45) is 2.49. The summed E-state index contributed by atoms with van der Waals surface area (Å²) in [5.74, 6) is 0.301. The number of rotatable bonds is 8. The molecule has 42 heavy (non-hydrogen) atoms. The summed E-state index contributed by atoms with van der Waals surface area (Å²) in [7, 11) is 2.06. The molecule has 2 aromatic heterocycles. The lowest BCUT2D eigenvalue weighted by Crippen LogP contribution is -2.52. The van der Waals surface area contributed by atoms with E-state index in [2.05, 4.69) is 27.3 Å². The summed E-state index contributed by atoms with van der Waals surface area (Å²) in [5, 5.41) is 2.33. The number of nitrogens with zero attached hydrogens (tertiary/aromatic N) is 5. The van der Waals surface area contributed by atoms with E-state index >= 15 is 0 Å². The number of aromatic nitrogens is 4. The van der Waals surface area contributed by atoms with E-state index < -0.39 is 0 Å². The highest BCUT2D eigenvalue weighted by Gasteiger charge is 2.20. The van der Waals surface area contributed by atoms with E-state index in [-0.39, 0.29) is 17.3 Å². The van der Waals surface area contributed by atoms with Crippen LogP contribution in [0.5, 0.6) is 5.75 Å². The normalized spacial score (nSPS) is 14.5. The van der Waals surface area contributed by atoms with Crippen LogP contribution >= 0.6 is 0 Å². The predicted octanol–water partition coefficient (Wildman–Crippen LogP) is 3.81. The molecular weight excluding hydrogens is 537 g/mol. The first kappa shape index (κ1) is 27.6. The van der Waals surface area contributed by atoms with Gasteiger partial charge >= 0.3 is 0 Å². The van der Waals surface area contributed by atoms with Crippen molar-refractivity contribution in [2.75, 3.05) is 39.8 Å². The first-order valence-corrected chi connectivity index (χ1v) is 14.0. The van der Waals surface area contributed by atoms with Gasteiger partial charge in [-0.05, 0) is 61.5 Å². The highest BCUT2D eigenvalue weighted by atomic mass is 19.1. The summed E-state index contributed by atoms with van der Waals surface area (Å²) in [4.78, 5) is 40.9. The van der Waals surface area contributed by atoms with E-state index in [4.69, 9.17) is 9.72 Å². The van der Waals surface area contributed by atoms with Crippen molar-refractivity contribution >= 4 is 27.8 Å². The molecule has 1 saturated heterocycles. The number of halogens is 1. The molecular formula is C31H32FN7O3. The van der Waals surface area contributed by atoms with Gasteiger partial charge in [0.25, 0.3) is 11.5 Å². The molecule has 216 valence electrons. The van der Waals surface area contributed by atoms with Crippen molar-refractivity contribution < 1.29 is 13.9 Å². The molecule has 10 nitrogen and oxygen atoms in total. The van der Waals surface area contributed by atoms with Gasteiger partial charge in [0, 0.05) is 38.3 Å². The number of hydrazine groups is 1. The van der Waals surface area contributed by atoms with Crippen molar-refractivity contribution in [1.82, 2.24) is 34.9 Å². The van der Waals surface area contributed by atoms with Crippen molar-refractivity contribution in [3.63, 3.8) is 0 Å². The molecule has 3 aromatic carbocycles.